The van der Waals surface area contributed by atoms with Crippen LogP contribution in [0.25, 0.3) is 32.7 Å². The molecule has 40 heavy (non-hydrogen) atoms. The molecule has 0 aliphatic carbocycles. The van der Waals surface area contributed by atoms with Gasteiger partial charge in [-0.25, -0.2) is 0 Å². The van der Waals surface area contributed by atoms with Crippen LogP contribution in [-0.4, -0.2) is 0 Å². The lowest BCUT2D eigenvalue weighted by molar-refractivity contribution is 1.26. The fourth-order valence-corrected chi connectivity index (χ4v) is 6.19. The molecule has 1 aliphatic rings. The van der Waals surface area contributed by atoms with Gasteiger partial charge in [-0.2, -0.15) is 0 Å². The summed E-state index contributed by atoms with van der Waals surface area (Å²) in [6.45, 7) is 0. The average molecular weight is 511 g/mol. The van der Waals surface area contributed by atoms with E-state index in [9.17, 15) is 0 Å². The highest BCUT2D eigenvalue weighted by atomic mass is 15.2. The molecule has 0 saturated carbocycles. The van der Waals surface area contributed by atoms with Crippen molar-refractivity contribution in [2.24, 2.45) is 0 Å². The van der Waals surface area contributed by atoms with Crippen molar-refractivity contribution in [2.45, 2.75) is 0 Å². The largest absolute Gasteiger partial charge is 0.310 e. The molecule has 0 aromatic heterocycles. The molecule has 7 aromatic rings. The van der Waals surface area contributed by atoms with Crippen LogP contribution in [0.5, 0.6) is 0 Å². The van der Waals surface area contributed by atoms with Crippen LogP contribution < -0.4 is 9.80 Å². The van der Waals surface area contributed by atoms with Gasteiger partial charge in [-0.05, 0) is 70.9 Å². The molecule has 1 aliphatic heterocycles. The molecule has 0 atom stereocenters. The Bertz CT molecular complexity index is 1980. The SMILES string of the molecule is c1ccc(N(c2ccc(N3c4ccccc4-c4cccc5cccc3c45)cc2)c2cccc3ccccc23)cc1. The first-order chi connectivity index (χ1) is 19.9. The van der Waals surface area contributed by atoms with Gasteiger partial charge in [0.15, 0.2) is 0 Å². The summed E-state index contributed by atoms with van der Waals surface area (Å²) >= 11 is 0. The fraction of sp³-hybridized carbons (Fsp3) is 0. The summed E-state index contributed by atoms with van der Waals surface area (Å²) in [5, 5.41) is 5.02. The summed E-state index contributed by atoms with van der Waals surface area (Å²) in [5.74, 6) is 0. The minimum absolute atomic E-state index is 1.12. The number of fused-ring (bicyclic) bond motifs is 3. The minimum Gasteiger partial charge on any atom is -0.310 e. The molecule has 0 radical (unpaired) electrons. The van der Waals surface area contributed by atoms with Gasteiger partial charge in [0, 0.05) is 33.4 Å². The van der Waals surface area contributed by atoms with Crippen LogP contribution in [0.4, 0.5) is 34.1 Å². The van der Waals surface area contributed by atoms with Crippen molar-refractivity contribution in [3.8, 4) is 11.1 Å². The molecule has 1 heterocycles. The Hall–Kier alpha value is -5.34. The predicted molar refractivity (Wildman–Crippen MR) is 170 cm³/mol. The van der Waals surface area contributed by atoms with Crippen LogP contribution in [0, 0.1) is 0 Å². The van der Waals surface area contributed by atoms with Gasteiger partial charge in [-0.15, -0.1) is 0 Å². The molecule has 0 spiro atoms. The Balaban J connectivity index is 1.30. The van der Waals surface area contributed by atoms with Crippen molar-refractivity contribution in [1.29, 1.82) is 0 Å². The monoisotopic (exact) mass is 510 g/mol. The van der Waals surface area contributed by atoms with Crippen molar-refractivity contribution in [1.82, 2.24) is 0 Å². The van der Waals surface area contributed by atoms with Crippen molar-refractivity contribution >= 4 is 55.7 Å². The van der Waals surface area contributed by atoms with Gasteiger partial charge < -0.3 is 9.80 Å². The fourth-order valence-electron chi connectivity index (χ4n) is 6.19. The van der Waals surface area contributed by atoms with E-state index in [4.69, 9.17) is 0 Å². The third kappa shape index (κ3) is 3.50. The number of hydrogen-bond donors (Lipinski definition) is 0. The van der Waals surface area contributed by atoms with Crippen LogP contribution in [0.3, 0.4) is 0 Å². The maximum Gasteiger partial charge on any atom is 0.0546 e. The van der Waals surface area contributed by atoms with E-state index >= 15 is 0 Å². The third-order valence-corrected chi connectivity index (χ3v) is 7.95. The first-order valence-corrected chi connectivity index (χ1v) is 13.7. The molecular weight excluding hydrogens is 484 g/mol. The molecule has 0 amide bonds. The molecule has 0 fully saturated rings. The second-order valence-electron chi connectivity index (χ2n) is 10.2. The van der Waals surface area contributed by atoms with Gasteiger partial charge in [0.05, 0.1) is 17.1 Å². The standard InChI is InChI=1S/C38H26N2/c1-2-15-29(16-3-1)39(35-21-9-12-27-11-4-5-17-32(27)35)30-23-25-31(26-24-30)40-36-20-7-6-18-33(36)34-19-8-13-28-14-10-22-37(40)38(28)34/h1-26H. The number of nitrogens with zero attached hydrogens (tertiary/aromatic N) is 2. The highest BCUT2D eigenvalue weighted by Crippen LogP contribution is 2.51. The summed E-state index contributed by atoms with van der Waals surface area (Å²) < 4.78 is 0. The van der Waals surface area contributed by atoms with Crippen LogP contribution in [0.2, 0.25) is 0 Å². The number of para-hydroxylation sites is 2. The second kappa shape index (κ2) is 9.14. The molecule has 2 nitrogen and oxygen atoms in total. The summed E-state index contributed by atoms with van der Waals surface area (Å²) in [6, 6.07) is 56.7. The first kappa shape index (κ1) is 22.6. The van der Waals surface area contributed by atoms with Gasteiger partial charge in [0.25, 0.3) is 0 Å². The molecule has 188 valence electrons. The minimum atomic E-state index is 1.12. The van der Waals surface area contributed by atoms with Gasteiger partial charge in [0.2, 0.25) is 0 Å². The molecule has 7 aromatic carbocycles. The van der Waals surface area contributed by atoms with E-state index in [-0.39, 0.29) is 0 Å². The van der Waals surface area contributed by atoms with Gasteiger partial charge in [-0.3, -0.25) is 0 Å². The van der Waals surface area contributed by atoms with Crippen LogP contribution in [-0.2, 0) is 0 Å². The zero-order valence-electron chi connectivity index (χ0n) is 21.9. The van der Waals surface area contributed by atoms with Gasteiger partial charge in [0.1, 0.15) is 0 Å². The Morgan fingerprint density at radius 2 is 1.00 bits per heavy atom. The Kier molecular flexibility index (Phi) is 5.17. The zero-order valence-corrected chi connectivity index (χ0v) is 21.9. The van der Waals surface area contributed by atoms with Crippen LogP contribution >= 0.6 is 0 Å². The van der Waals surface area contributed by atoms with Crippen LogP contribution in [0.15, 0.2) is 158 Å². The topological polar surface area (TPSA) is 6.48 Å². The highest BCUT2D eigenvalue weighted by Gasteiger charge is 2.25. The van der Waals surface area contributed by atoms with Crippen molar-refractivity contribution < 1.29 is 0 Å². The Morgan fingerprint density at radius 3 is 1.88 bits per heavy atom. The lowest BCUT2D eigenvalue weighted by atomic mass is 9.91. The summed E-state index contributed by atoms with van der Waals surface area (Å²) in [4.78, 5) is 4.76. The second-order valence-corrected chi connectivity index (χ2v) is 10.2. The van der Waals surface area contributed by atoms with Crippen molar-refractivity contribution in [2.75, 3.05) is 9.80 Å². The molecule has 2 heteroatoms. The maximum absolute atomic E-state index is 2.40. The Morgan fingerprint density at radius 1 is 0.400 bits per heavy atom. The lowest BCUT2D eigenvalue weighted by Crippen LogP contribution is -2.15. The van der Waals surface area contributed by atoms with Crippen LogP contribution in [0.1, 0.15) is 0 Å². The molecular formula is C38H26N2. The van der Waals surface area contributed by atoms with E-state index < -0.39 is 0 Å². The normalized spacial score (nSPS) is 11.9. The van der Waals surface area contributed by atoms with E-state index in [0.717, 1.165) is 17.1 Å². The summed E-state index contributed by atoms with van der Waals surface area (Å²) in [7, 11) is 0. The lowest BCUT2D eigenvalue weighted by Gasteiger charge is -2.34. The average Bonchev–Trinajstić information content (AvgIpc) is 3.03. The van der Waals surface area contributed by atoms with Crippen molar-refractivity contribution in [3.63, 3.8) is 0 Å². The summed E-state index contributed by atoms with van der Waals surface area (Å²) in [6.07, 6.45) is 0. The molecule has 8 rings (SSSR count). The first-order valence-electron chi connectivity index (χ1n) is 13.7. The third-order valence-electron chi connectivity index (χ3n) is 7.95. The number of benzene rings is 7. The molecule has 0 bridgehead atoms. The van der Waals surface area contributed by atoms with E-state index in [1.165, 1.54) is 49.7 Å². The number of rotatable bonds is 4. The van der Waals surface area contributed by atoms with Crippen molar-refractivity contribution in [3.05, 3.63) is 158 Å². The highest BCUT2D eigenvalue weighted by molar-refractivity contribution is 6.13. The maximum atomic E-state index is 2.40. The van der Waals surface area contributed by atoms with E-state index in [1.807, 2.05) is 0 Å². The van der Waals surface area contributed by atoms with E-state index in [2.05, 4.69) is 168 Å². The van der Waals surface area contributed by atoms with Gasteiger partial charge >= 0.3 is 0 Å². The van der Waals surface area contributed by atoms with E-state index in [0.29, 0.717) is 0 Å². The molecule has 0 saturated heterocycles. The Labute approximate surface area is 234 Å². The smallest absolute Gasteiger partial charge is 0.0546 e. The van der Waals surface area contributed by atoms with Gasteiger partial charge in [-0.1, -0.05) is 103 Å². The quantitative estimate of drug-likeness (QED) is 0.232. The predicted octanol–water partition coefficient (Wildman–Crippen LogP) is 10.9. The van der Waals surface area contributed by atoms with E-state index in [1.54, 1.807) is 0 Å². The number of anilines is 6. The number of hydrogen-bond acceptors (Lipinski definition) is 2. The molecule has 0 unspecified atom stereocenters. The molecule has 0 N–H and O–H groups in total. The summed E-state index contributed by atoms with van der Waals surface area (Å²) in [5.41, 5.74) is 9.54. The zero-order chi connectivity index (χ0) is 26.5.